The topological polar surface area (TPSA) is 50.4 Å². The molecule has 0 bridgehead atoms. The molecule has 3 heteroatoms. The van der Waals surface area contributed by atoms with Gasteiger partial charge < -0.3 is 5.43 Å². The minimum absolute atomic E-state index is 0.842. The molecule has 0 heterocycles. The average molecular weight is 205 g/mol. The lowest BCUT2D eigenvalue weighted by molar-refractivity contribution is 0.869. The van der Waals surface area contributed by atoms with Gasteiger partial charge in [0.05, 0.1) is 0 Å². The molecule has 82 valence electrons. The van der Waals surface area contributed by atoms with Gasteiger partial charge in [0.15, 0.2) is 0 Å². The van der Waals surface area contributed by atoms with Gasteiger partial charge in [-0.1, -0.05) is 37.3 Å². The van der Waals surface area contributed by atoms with Gasteiger partial charge >= 0.3 is 0 Å². The molecule has 3 nitrogen and oxygen atoms in total. The third kappa shape index (κ3) is 4.61. The number of hydrogen-bond acceptors (Lipinski definition) is 2. The van der Waals surface area contributed by atoms with Crippen molar-refractivity contribution in [1.29, 1.82) is 0 Å². The minimum Gasteiger partial charge on any atom is -0.312 e. The molecule has 0 aliphatic heterocycles. The zero-order valence-corrected chi connectivity index (χ0v) is 9.24. The summed E-state index contributed by atoms with van der Waals surface area (Å²) in [7, 11) is 0. The summed E-state index contributed by atoms with van der Waals surface area (Å²) in [5.74, 6) is 6.29. The van der Waals surface area contributed by atoms with E-state index in [0.717, 1.165) is 31.6 Å². The van der Waals surface area contributed by atoms with E-state index in [1.807, 2.05) is 18.2 Å². The summed E-state index contributed by atoms with van der Waals surface area (Å²) in [5.41, 5.74) is 3.97. The quantitative estimate of drug-likeness (QED) is 0.334. The molecule has 3 N–H and O–H groups in total. The van der Waals surface area contributed by atoms with Gasteiger partial charge in [0, 0.05) is 13.0 Å². The van der Waals surface area contributed by atoms with Gasteiger partial charge in [-0.05, 0) is 18.4 Å². The maximum atomic E-state index is 5.40. The second-order valence-corrected chi connectivity index (χ2v) is 3.46. The van der Waals surface area contributed by atoms with Gasteiger partial charge in [-0.3, -0.25) is 4.99 Å². The predicted octanol–water partition coefficient (Wildman–Crippen LogP) is 1.89. The molecule has 0 aromatic heterocycles. The smallest absolute Gasteiger partial charge is 0.111 e. The van der Waals surface area contributed by atoms with E-state index in [1.54, 1.807) is 0 Å². The minimum atomic E-state index is 0.842. The van der Waals surface area contributed by atoms with Crippen LogP contribution in [0.5, 0.6) is 0 Å². The van der Waals surface area contributed by atoms with Crippen molar-refractivity contribution in [3.63, 3.8) is 0 Å². The molecule has 0 aliphatic rings. The summed E-state index contributed by atoms with van der Waals surface area (Å²) in [6.07, 6.45) is 2.91. The maximum absolute atomic E-state index is 5.40. The first-order valence-electron chi connectivity index (χ1n) is 5.40. The summed E-state index contributed by atoms with van der Waals surface area (Å²) < 4.78 is 0. The third-order valence-electron chi connectivity index (χ3n) is 2.19. The summed E-state index contributed by atoms with van der Waals surface area (Å²) in [4.78, 5) is 4.36. The molecule has 0 fully saturated rings. The lowest BCUT2D eigenvalue weighted by Gasteiger charge is -2.05. The Hall–Kier alpha value is -1.35. The number of nitrogens with zero attached hydrogens (tertiary/aromatic N) is 1. The molecule has 0 spiro atoms. The lowest BCUT2D eigenvalue weighted by Crippen LogP contribution is -2.30. The molecular formula is C12H19N3. The number of aryl methyl sites for hydroxylation is 1. The molecule has 1 aromatic carbocycles. The van der Waals surface area contributed by atoms with Crippen LogP contribution in [0.25, 0.3) is 0 Å². The van der Waals surface area contributed by atoms with E-state index in [1.165, 1.54) is 5.56 Å². The van der Waals surface area contributed by atoms with Crippen LogP contribution in [-0.2, 0) is 6.42 Å². The van der Waals surface area contributed by atoms with Crippen LogP contribution >= 0.6 is 0 Å². The van der Waals surface area contributed by atoms with Crippen molar-refractivity contribution in [3.05, 3.63) is 35.9 Å². The number of benzene rings is 1. The SMILES string of the molecule is CCCN=C(CCc1ccccc1)NN. The fraction of sp³-hybridized carbons (Fsp3) is 0.417. The first-order chi connectivity index (χ1) is 7.36. The third-order valence-corrected chi connectivity index (χ3v) is 2.19. The largest absolute Gasteiger partial charge is 0.312 e. The summed E-state index contributed by atoms with van der Waals surface area (Å²) in [6, 6.07) is 10.4. The molecule has 0 saturated heterocycles. The number of aliphatic imine (C=N–C) groups is 1. The van der Waals surface area contributed by atoms with E-state index >= 15 is 0 Å². The Labute approximate surface area is 91.4 Å². The van der Waals surface area contributed by atoms with E-state index in [0.29, 0.717) is 0 Å². The molecular weight excluding hydrogens is 186 g/mol. The normalized spacial score (nSPS) is 11.5. The first-order valence-corrected chi connectivity index (χ1v) is 5.40. The standard InChI is InChI=1S/C12H19N3/c1-2-10-14-12(15-13)9-8-11-6-4-3-5-7-11/h3-7H,2,8-10,13H2,1H3,(H,14,15). The highest BCUT2D eigenvalue weighted by Crippen LogP contribution is 2.02. The molecule has 0 unspecified atom stereocenters. The number of nitrogens with one attached hydrogen (secondary N) is 1. The number of rotatable bonds is 5. The van der Waals surface area contributed by atoms with E-state index in [9.17, 15) is 0 Å². The fourth-order valence-electron chi connectivity index (χ4n) is 1.35. The van der Waals surface area contributed by atoms with Crippen molar-refractivity contribution < 1.29 is 0 Å². The number of hydrogen-bond donors (Lipinski definition) is 2. The molecule has 0 amide bonds. The lowest BCUT2D eigenvalue weighted by atomic mass is 10.1. The van der Waals surface area contributed by atoms with Gasteiger partial charge in [0.2, 0.25) is 0 Å². The fourth-order valence-corrected chi connectivity index (χ4v) is 1.35. The van der Waals surface area contributed by atoms with Gasteiger partial charge in [-0.2, -0.15) is 0 Å². The van der Waals surface area contributed by atoms with Crippen LogP contribution in [0.2, 0.25) is 0 Å². The second kappa shape index (κ2) is 7.01. The van der Waals surface area contributed by atoms with Crippen LogP contribution in [0.15, 0.2) is 35.3 Å². The van der Waals surface area contributed by atoms with Crippen LogP contribution < -0.4 is 11.3 Å². The zero-order valence-electron chi connectivity index (χ0n) is 9.24. The van der Waals surface area contributed by atoms with Crippen LogP contribution in [0.1, 0.15) is 25.3 Å². The maximum Gasteiger partial charge on any atom is 0.111 e. The molecule has 0 aliphatic carbocycles. The zero-order chi connectivity index (χ0) is 10.9. The van der Waals surface area contributed by atoms with Crippen LogP contribution in [0.3, 0.4) is 0 Å². The molecule has 0 atom stereocenters. The summed E-state index contributed by atoms with van der Waals surface area (Å²) in [6.45, 7) is 2.95. The van der Waals surface area contributed by atoms with E-state index in [4.69, 9.17) is 5.84 Å². The number of amidine groups is 1. The van der Waals surface area contributed by atoms with Crippen LogP contribution in [-0.4, -0.2) is 12.4 Å². The van der Waals surface area contributed by atoms with Gasteiger partial charge in [0.1, 0.15) is 5.84 Å². The molecule has 0 radical (unpaired) electrons. The average Bonchev–Trinajstić information content (AvgIpc) is 2.31. The Morgan fingerprint density at radius 1 is 1.33 bits per heavy atom. The number of nitrogens with two attached hydrogens (primary N) is 1. The molecule has 0 saturated carbocycles. The van der Waals surface area contributed by atoms with Crippen molar-refractivity contribution in [2.24, 2.45) is 10.8 Å². The summed E-state index contributed by atoms with van der Waals surface area (Å²) >= 11 is 0. The van der Waals surface area contributed by atoms with Crippen molar-refractivity contribution in [2.75, 3.05) is 6.54 Å². The van der Waals surface area contributed by atoms with Gasteiger partial charge in [0.25, 0.3) is 0 Å². The predicted molar refractivity (Wildman–Crippen MR) is 64.7 cm³/mol. The van der Waals surface area contributed by atoms with Gasteiger partial charge in [-0.15, -0.1) is 0 Å². The van der Waals surface area contributed by atoms with Crippen molar-refractivity contribution in [2.45, 2.75) is 26.2 Å². The monoisotopic (exact) mass is 205 g/mol. The van der Waals surface area contributed by atoms with Crippen LogP contribution in [0.4, 0.5) is 0 Å². The Morgan fingerprint density at radius 2 is 2.07 bits per heavy atom. The molecule has 15 heavy (non-hydrogen) atoms. The molecule has 1 rings (SSSR count). The Morgan fingerprint density at radius 3 is 2.67 bits per heavy atom. The summed E-state index contributed by atoms with van der Waals surface area (Å²) in [5, 5.41) is 0. The Kier molecular flexibility index (Phi) is 5.48. The van der Waals surface area contributed by atoms with E-state index < -0.39 is 0 Å². The first kappa shape index (κ1) is 11.7. The Balaban J connectivity index is 2.41. The Bertz CT molecular complexity index is 293. The van der Waals surface area contributed by atoms with Gasteiger partial charge in [-0.25, -0.2) is 5.84 Å². The van der Waals surface area contributed by atoms with E-state index in [2.05, 4.69) is 29.5 Å². The van der Waals surface area contributed by atoms with E-state index in [-0.39, 0.29) is 0 Å². The van der Waals surface area contributed by atoms with Crippen molar-refractivity contribution in [3.8, 4) is 0 Å². The van der Waals surface area contributed by atoms with Crippen molar-refractivity contribution in [1.82, 2.24) is 5.43 Å². The highest BCUT2D eigenvalue weighted by atomic mass is 15.2. The highest BCUT2D eigenvalue weighted by molar-refractivity contribution is 5.81. The second-order valence-electron chi connectivity index (χ2n) is 3.46. The van der Waals surface area contributed by atoms with Crippen LogP contribution in [0, 0.1) is 0 Å². The molecule has 1 aromatic rings. The number of hydrazine groups is 1. The van der Waals surface area contributed by atoms with Crippen molar-refractivity contribution >= 4 is 5.84 Å². The highest BCUT2D eigenvalue weighted by Gasteiger charge is 1.97.